The van der Waals surface area contributed by atoms with Gasteiger partial charge in [0.15, 0.2) is 0 Å². The van der Waals surface area contributed by atoms with Crippen molar-refractivity contribution in [2.75, 3.05) is 5.32 Å². The summed E-state index contributed by atoms with van der Waals surface area (Å²) in [6, 6.07) is 4.80. The van der Waals surface area contributed by atoms with Crippen molar-refractivity contribution < 1.29 is 9.59 Å². The molecule has 0 saturated heterocycles. The highest BCUT2D eigenvalue weighted by Crippen LogP contribution is 2.20. The second-order valence-corrected chi connectivity index (χ2v) is 4.96. The van der Waals surface area contributed by atoms with Crippen molar-refractivity contribution >= 4 is 17.5 Å². The first kappa shape index (κ1) is 13.5. The minimum atomic E-state index is -0.535. The molecule has 19 heavy (non-hydrogen) atoms. The topological polar surface area (TPSA) is 84.2 Å². The molecule has 2 rings (SSSR count). The fourth-order valence-corrected chi connectivity index (χ4v) is 2.03. The highest BCUT2D eigenvalue weighted by atomic mass is 16.2. The predicted octanol–water partition coefficient (Wildman–Crippen LogP) is 1.24. The molecular formula is C14H19N3O2. The van der Waals surface area contributed by atoms with Crippen LogP contribution in [0.3, 0.4) is 0 Å². The van der Waals surface area contributed by atoms with E-state index in [4.69, 9.17) is 5.73 Å². The molecule has 2 atom stereocenters. The molecule has 0 aromatic heterocycles. The summed E-state index contributed by atoms with van der Waals surface area (Å²) < 4.78 is 0. The normalized spacial score (nSPS) is 16.5. The fraction of sp³-hybridized carbons (Fsp3) is 0.429. The lowest BCUT2D eigenvalue weighted by atomic mass is 9.99. The average Bonchev–Trinajstić information content (AvgIpc) is 2.78. The number of hydrogen-bond acceptors (Lipinski definition) is 3. The van der Waals surface area contributed by atoms with Crippen molar-refractivity contribution in [3.8, 4) is 0 Å². The van der Waals surface area contributed by atoms with Crippen molar-refractivity contribution in [2.45, 2.75) is 32.9 Å². The van der Waals surface area contributed by atoms with Gasteiger partial charge in [-0.05, 0) is 23.6 Å². The monoisotopic (exact) mass is 261 g/mol. The molecule has 1 heterocycles. The summed E-state index contributed by atoms with van der Waals surface area (Å²) >= 11 is 0. The Hall–Kier alpha value is -1.88. The first-order valence-electron chi connectivity index (χ1n) is 6.50. The number of rotatable bonds is 4. The lowest BCUT2D eigenvalue weighted by Crippen LogP contribution is -2.40. The molecule has 2 unspecified atom stereocenters. The lowest BCUT2D eigenvalue weighted by Gasteiger charge is -2.17. The maximum absolute atomic E-state index is 12.0. The summed E-state index contributed by atoms with van der Waals surface area (Å²) in [6.07, 6.45) is 0.848. The zero-order valence-corrected chi connectivity index (χ0v) is 11.2. The third-order valence-electron chi connectivity index (χ3n) is 3.62. The van der Waals surface area contributed by atoms with Crippen molar-refractivity contribution in [2.24, 2.45) is 11.7 Å². The Balaban J connectivity index is 2.10. The second kappa shape index (κ2) is 5.40. The van der Waals surface area contributed by atoms with Crippen LogP contribution in [0.1, 0.15) is 36.2 Å². The number of hydrogen-bond donors (Lipinski definition) is 3. The van der Waals surface area contributed by atoms with Gasteiger partial charge >= 0.3 is 0 Å². The van der Waals surface area contributed by atoms with Crippen LogP contribution in [0.2, 0.25) is 0 Å². The summed E-state index contributed by atoms with van der Waals surface area (Å²) in [5.74, 6) is -0.192. The second-order valence-electron chi connectivity index (χ2n) is 4.96. The van der Waals surface area contributed by atoms with Crippen LogP contribution in [0.4, 0.5) is 5.69 Å². The van der Waals surface area contributed by atoms with Gasteiger partial charge in [0, 0.05) is 17.8 Å². The maximum atomic E-state index is 12.0. The van der Waals surface area contributed by atoms with Gasteiger partial charge in [0.2, 0.25) is 5.91 Å². The summed E-state index contributed by atoms with van der Waals surface area (Å²) in [5.41, 5.74) is 8.05. The minimum Gasteiger partial charge on any atom is -0.348 e. The molecule has 1 aliphatic rings. The quantitative estimate of drug-likeness (QED) is 0.762. The van der Waals surface area contributed by atoms with Gasteiger partial charge in [0.1, 0.15) is 0 Å². The molecule has 0 saturated carbocycles. The van der Waals surface area contributed by atoms with Gasteiger partial charge in [-0.15, -0.1) is 0 Å². The van der Waals surface area contributed by atoms with Crippen molar-refractivity contribution in [3.05, 3.63) is 29.3 Å². The van der Waals surface area contributed by atoms with E-state index in [-0.39, 0.29) is 17.7 Å². The lowest BCUT2D eigenvalue weighted by molar-refractivity contribution is -0.118. The molecule has 0 spiro atoms. The first-order chi connectivity index (χ1) is 9.02. The molecule has 0 fully saturated rings. The van der Waals surface area contributed by atoms with Crippen LogP contribution in [0.5, 0.6) is 0 Å². The van der Waals surface area contributed by atoms with Crippen LogP contribution in [-0.4, -0.2) is 17.9 Å². The number of fused-ring (bicyclic) bond motifs is 1. The Labute approximate surface area is 112 Å². The van der Waals surface area contributed by atoms with Crippen molar-refractivity contribution in [1.29, 1.82) is 0 Å². The number of carbonyl (C=O) groups is 2. The van der Waals surface area contributed by atoms with Crippen LogP contribution in [0.25, 0.3) is 0 Å². The molecule has 0 aliphatic carbocycles. The van der Waals surface area contributed by atoms with Crippen LogP contribution in [0, 0.1) is 5.92 Å². The highest BCUT2D eigenvalue weighted by Gasteiger charge is 2.22. The van der Waals surface area contributed by atoms with Gasteiger partial charge in [-0.25, -0.2) is 0 Å². The number of anilines is 1. The molecule has 5 nitrogen and oxygen atoms in total. The summed E-state index contributed by atoms with van der Waals surface area (Å²) in [7, 11) is 0. The molecule has 1 aliphatic heterocycles. The highest BCUT2D eigenvalue weighted by molar-refractivity contribution is 6.01. The first-order valence-corrected chi connectivity index (χ1v) is 6.50. The Morgan fingerprint density at radius 3 is 2.95 bits per heavy atom. The number of nitrogens with two attached hydrogens (primary N) is 1. The Morgan fingerprint density at radius 1 is 1.53 bits per heavy atom. The van der Waals surface area contributed by atoms with E-state index in [1.807, 2.05) is 19.9 Å². The standard InChI is InChI=1S/C14H19N3O2/c1-3-8(2)12(15)14(19)17-10-5-4-9-7-16-13(18)11(9)6-10/h4-6,8,12H,3,7,15H2,1-2H3,(H,16,18)(H,17,19). The van der Waals surface area contributed by atoms with Gasteiger partial charge < -0.3 is 16.4 Å². The van der Waals surface area contributed by atoms with E-state index in [1.54, 1.807) is 12.1 Å². The van der Waals surface area contributed by atoms with Gasteiger partial charge in [0.25, 0.3) is 5.91 Å². The molecule has 2 amide bonds. The summed E-state index contributed by atoms with van der Waals surface area (Å²) in [5, 5.41) is 5.50. The zero-order valence-electron chi connectivity index (χ0n) is 11.2. The zero-order chi connectivity index (χ0) is 14.0. The van der Waals surface area contributed by atoms with Crippen LogP contribution in [-0.2, 0) is 11.3 Å². The van der Waals surface area contributed by atoms with E-state index in [0.29, 0.717) is 17.8 Å². The van der Waals surface area contributed by atoms with Gasteiger partial charge in [-0.2, -0.15) is 0 Å². The molecule has 0 bridgehead atoms. The van der Waals surface area contributed by atoms with E-state index in [0.717, 1.165) is 12.0 Å². The fourth-order valence-electron chi connectivity index (χ4n) is 2.03. The molecule has 1 aromatic carbocycles. The number of nitrogens with one attached hydrogen (secondary N) is 2. The third kappa shape index (κ3) is 2.76. The molecule has 1 aromatic rings. The Bertz CT molecular complexity index is 513. The molecule has 4 N–H and O–H groups in total. The summed E-state index contributed by atoms with van der Waals surface area (Å²) in [6.45, 7) is 4.49. The predicted molar refractivity (Wildman–Crippen MR) is 73.7 cm³/mol. The Morgan fingerprint density at radius 2 is 2.26 bits per heavy atom. The number of benzene rings is 1. The molecule has 102 valence electrons. The van der Waals surface area contributed by atoms with Crippen LogP contribution in [0.15, 0.2) is 18.2 Å². The smallest absolute Gasteiger partial charge is 0.251 e. The van der Waals surface area contributed by atoms with E-state index in [1.165, 1.54) is 0 Å². The molecule has 0 radical (unpaired) electrons. The van der Waals surface area contributed by atoms with Gasteiger partial charge in [-0.3, -0.25) is 9.59 Å². The SMILES string of the molecule is CCC(C)C(N)C(=O)Nc1ccc2c(c1)C(=O)NC2. The van der Waals surface area contributed by atoms with Crippen molar-refractivity contribution in [3.63, 3.8) is 0 Å². The third-order valence-corrected chi connectivity index (χ3v) is 3.62. The maximum Gasteiger partial charge on any atom is 0.251 e. The van der Waals surface area contributed by atoms with E-state index < -0.39 is 6.04 Å². The molecular weight excluding hydrogens is 242 g/mol. The summed E-state index contributed by atoms with van der Waals surface area (Å²) in [4.78, 5) is 23.5. The number of amides is 2. The van der Waals surface area contributed by atoms with E-state index >= 15 is 0 Å². The van der Waals surface area contributed by atoms with Crippen LogP contribution < -0.4 is 16.4 Å². The number of carbonyl (C=O) groups excluding carboxylic acids is 2. The largest absolute Gasteiger partial charge is 0.348 e. The van der Waals surface area contributed by atoms with Gasteiger partial charge in [-0.1, -0.05) is 26.3 Å². The average molecular weight is 261 g/mol. The minimum absolute atomic E-state index is 0.0997. The van der Waals surface area contributed by atoms with E-state index in [2.05, 4.69) is 10.6 Å². The van der Waals surface area contributed by atoms with E-state index in [9.17, 15) is 9.59 Å². The van der Waals surface area contributed by atoms with Crippen LogP contribution >= 0.6 is 0 Å². The van der Waals surface area contributed by atoms with Crippen molar-refractivity contribution in [1.82, 2.24) is 5.32 Å². The van der Waals surface area contributed by atoms with Gasteiger partial charge in [0.05, 0.1) is 6.04 Å². The Kier molecular flexibility index (Phi) is 3.85. The molecule has 5 heteroatoms.